The first-order chi connectivity index (χ1) is 13.1. The number of hydrogen-bond donors (Lipinski definition) is 2. The zero-order valence-electron chi connectivity index (χ0n) is 14.4. The molecule has 1 heterocycles. The third kappa shape index (κ3) is 4.84. The third-order valence-corrected chi connectivity index (χ3v) is 4.22. The van der Waals surface area contributed by atoms with Gasteiger partial charge >= 0.3 is 0 Å². The second-order valence-corrected chi connectivity index (χ2v) is 8.17. The standard InChI is InChI=1S/C18H14F4N4OS/c1-28(23,27)9-10-4-12(20)6-13(5-10)25-18-24-8-16(22)17(26-18)14-3-2-11(19)7-15(14)21/h2-9H,1H3,(H2,23,27)(H,24,25,26). The van der Waals surface area contributed by atoms with Gasteiger partial charge in [0.15, 0.2) is 5.82 Å². The van der Waals surface area contributed by atoms with Crippen LogP contribution in [-0.4, -0.2) is 25.8 Å². The quantitative estimate of drug-likeness (QED) is 0.510. The van der Waals surface area contributed by atoms with Gasteiger partial charge in [-0.2, -0.15) is 0 Å². The number of halogens is 4. The zero-order chi connectivity index (χ0) is 20.5. The van der Waals surface area contributed by atoms with Crippen molar-refractivity contribution < 1.29 is 21.8 Å². The molecule has 0 bridgehead atoms. The minimum Gasteiger partial charge on any atom is -0.324 e. The van der Waals surface area contributed by atoms with E-state index in [0.717, 1.165) is 30.5 Å². The molecule has 3 aromatic rings. The van der Waals surface area contributed by atoms with Crippen molar-refractivity contribution >= 4 is 26.7 Å². The van der Waals surface area contributed by atoms with Gasteiger partial charge in [0.05, 0.1) is 6.20 Å². The van der Waals surface area contributed by atoms with Crippen molar-refractivity contribution in [1.29, 1.82) is 0 Å². The minimum absolute atomic E-state index is 0.151. The number of nitrogens with two attached hydrogens (primary N) is 1. The summed E-state index contributed by atoms with van der Waals surface area (Å²) in [7, 11) is -2.76. The highest BCUT2D eigenvalue weighted by Crippen LogP contribution is 2.26. The third-order valence-electron chi connectivity index (χ3n) is 3.48. The lowest BCUT2D eigenvalue weighted by Crippen LogP contribution is -2.13. The van der Waals surface area contributed by atoms with Crippen LogP contribution in [0, 0.1) is 23.3 Å². The average Bonchev–Trinajstić information content (AvgIpc) is 2.55. The van der Waals surface area contributed by atoms with Crippen molar-refractivity contribution in [1.82, 2.24) is 9.97 Å². The number of benzene rings is 2. The van der Waals surface area contributed by atoms with Gasteiger partial charge < -0.3 is 5.32 Å². The van der Waals surface area contributed by atoms with Crippen molar-refractivity contribution in [3.8, 4) is 11.3 Å². The van der Waals surface area contributed by atoms with Crippen LogP contribution in [0.5, 0.6) is 0 Å². The summed E-state index contributed by atoms with van der Waals surface area (Å²) < 4.78 is 66.6. The molecular formula is C18H14F4N4OS. The molecule has 0 spiro atoms. The monoisotopic (exact) mass is 410 g/mol. The van der Waals surface area contributed by atoms with Crippen LogP contribution in [-0.2, 0) is 9.71 Å². The maximum Gasteiger partial charge on any atom is 0.227 e. The Hall–Kier alpha value is -2.98. The Bertz CT molecular complexity index is 1170. The topological polar surface area (TPSA) is 80.9 Å². The van der Waals surface area contributed by atoms with Crippen LogP contribution >= 0.6 is 0 Å². The van der Waals surface area contributed by atoms with Crippen molar-refractivity contribution in [2.24, 2.45) is 5.14 Å². The van der Waals surface area contributed by atoms with Crippen molar-refractivity contribution in [3.63, 3.8) is 0 Å². The Kier molecular flexibility index (Phi) is 5.34. The molecule has 10 heteroatoms. The first-order valence-corrected chi connectivity index (χ1v) is 9.87. The van der Waals surface area contributed by atoms with Crippen LogP contribution in [0.15, 0.2) is 42.6 Å². The number of rotatable bonds is 4. The predicted molar refractivity (Wildman–Crippen MR) is 100 cm³/mol. The number of nitrogens with one attached hydrogen (secondary N) is 1. The maximum absolute atomic E-state index is 14.1. The van der Waals surface area contributed by atoms with Crippen LogP contribution in [0.25, 0.3) is 11.3 Å². The first kappa shape index (κ1) is 19.8. The van der Waals surface area contributed by atoms with Gasteiger partial charge in [-0.1, -0.05) is 0 Å². The van der Waals surface area contributed by atoms with Gasteiger partial charge in [-0.3, -0.25) is 9.35 Å². The second kappa shape index (κ2) is 7.56. The summed E-state index contributed by atoms with van der Waals surface area (Å²) in [6.45, 7) is 0. The van der Waals surface area contributed by atoms with E-state index in [1.807, 2.05) is 0 Å². The van der Waals surface area contributed by atoms with Crippen LogP contribution in [0.2, 0.25) is 0 Å². The highest BCUT2D eigenvalue weighted by Gasteiger charge is 2.15. The van der Waals surface area contributed by atoms with Gasteiger partial charge in [0.1, 0.15) is 23.1 Å². The lowest BCUT2D eigenvalue weighted by Gasteiger charge is -2.09. The molecule has 0 amide bonds. The predicted octanol–water partition coefficient (Wildman–Crippen LogP) is 3.38. The molecule has 5 nitrogen and oxygen atoms in total. The lowest BCUT2D eigenvalue weighted by atomic mass is 10.1. The van der Waals surface area contributed by atoms with Gasteiger partial charge in [0.25, 0.3) is 0 Å². The minimum atomic E-state index is -2.76. The number of aromatic nitrogens is 2. The van der Waals surface area contributed by atoms with E-state index in [1.165, 1.54) is 17.7 Å². The molecule has 0 saturated carbocycles. The fourth-order valence-electron chi connectivity index (χ4n) is 2.45. The van der Waals surface area contributed by atoms with E-state index in [0.29, 0.717) is 6.07 Å². The fraction of sp³-hybridized carbons (Fsp3) is 0.0556. The first-order valence-electron chi connectivity index (χ1n) is 7.78. The SMILES string of the molecule is CS(N)(=O)=Cc1cc(F)cc(Nc2ncc(F)c(-c3ccc(F)cc3F)n2)c1. The molecule has 1 aromatic heterocycles. The number of hydrogen-bond acceptors (Lipinski definition) is 4. The van der Waals surface area contributed by atoms with E-state index in [2.05, 4.69) is 15.3 Å². The molecule has 0 aliphatic rings. The molecule has 2 aromatic carbocycles. The van der Waals surface area contributed by atoms with Gasteiger partial charge in [-0.25, -0.2) is 27.5 Å². The Labute approximate surface area is 158 Å². The molecule has 0 aliphatic heterocycles. The highest BCUT2D eigenvalue weighted by molar-refractivity contribution is 7.98. The number of anilines is 2. The largest absolute Gasteiger partial charge is 0.324 e. The summed E-state index contributed by atoms with van der Waals surface area (Å²) in [6, 6.07) is 6.30. The van der Waals surface area contributed by atoms with E-state index in [1.54, 1.807) is 0 Å². The molecule has 0 fully saturated rings. The molecule has 3 rings (SSSR count). The van der Waals surface area contributed by atoms with E-state index in [4.69, 9.17) is 5.14 Å². The summed E-state index contributed by atoms with van der Waals surface area (Å²) in [5, 5.41) is 9.31. The van der Waals surface area contributed by atoms with Crippen molar-refractivity contribution in [2.45, 2.75) is 0 Å². The maximum atomic E-state index is 14.1. The smallest absolute Gasteiger partial charge is 0.227 e. The highest BCUT2D eigenvalue weighted by atomic mass is 32.2. The summed E-state index contributed by atoms with van der Waals surface area (Å²) in [4.78, 5) is 7.62. The fourth-order valence-corrected chi connectivity index (χ4v) is 3.13. The summed E-state index contributed by atoms with van der Waals surface area (Å²) in [5.41, 5.74) is -0.223. The Morgan fingerprint density at radius 1 is 1.04 bits per heavy atom. The van der Waals surface area contributed by atoms with Crippen LogP contribution in [0.3, 0.4) is 0 Å². The molecule has 1 atom stereocenters. The van der Waals surface area contributed by atoms with E-state index < -0.39 is 38.7 Å². The summed E-state index contributed by atoms with van der Waals surface area (Å²) in [6.07, 6.45) is 2.09. The molecule has 0 aliphatic carbocycles. The molecule has 3 N–H and O–H groups in total. The Morgan fingerprint density at radius 2 is 1.79 bits per heavy atom. The molecule has 28 heavy (non-hydrogen) atoms. The number of nitrogens with zero attached hydrogens (tertiary/aromatic N) is 2. The molecule has 0 saturated heterocycles. The van der Waals surface area contributed by atoms with Gasteiger partial charge in [0, 0.05) is 38.6 Å². The van der Waals surface area contributed by atoms with Gasteiger partial charge in [-0.05, 0) is 35.9 Å². The summed E-state index contributed by atoms with van der Waals surface area (Å²) in [5.74, 6) is -3.52. The van der Waals surface area contributed by atoms with Gasteiger partial charge in [0.2, 0.25) is 5.95 Å². The van der Waals surface area contributed by atoms with E-state index in [9.17, 15) is 21.8 Å². The van der Waals surface area contributed by atoms with Crippen molar-refractivity contribution in [2.75, 3.05) is 11.6 Å². The lowest BCUT2D eigenvalue weighted by molar-refractivity contribution is 0.580. The van der Waals surface area contributed by atoms with Crippen LogP contribution in [0.4, 0.5) is 29.2 Å². The average molecular weight is 410 g/mol. The van der Waals surface area contributed by atoms with E-state index >= 15 is 0 Å². The van der Waals surface area contributed by atoms with Crippen molar-refractivity contribution in [3.05, 3.63) is 71.4 Å². The molecular weight excluding hydrogens is 396 g/mol. The van der Waals surface area contributed by atoms with Gasteiger partial charge in [-0.15, -0.1) is 0 Å². The molecule has 146 valence electrons. The molecule has 1 unspecified atom stereocenters. The molecule has 0 radical (unpaired) electrons. The zero-order valence-corrected chi connectivity index (χ0v) is 15.2. The van der Waals surface area contributed by atoms with Crippen LogP contribution < -0.4 is 10.5 Å². The Balaban J connectivity index is 1.99. The summed E-state index contributed by atoms with van der Waals surface area (Å²) >= 11 is 0. The normalized spacial score (nSPS) is 13.1. The van der Waals surface area contributed by atoms with E-state index in [-0.39, 0.29) is 22.8 Å². The second-order valence-electron chi connectivity index (χ2n) is 6.00. The van der Waals surface area contributed by atoms with Crippen LogP contribution in [0.1, 0.15) is 5.56 Å². The Morgan fingerprint density at radius 3 is 2.46 bits per heavy atom.